The van der Waals surface area contributed by atoms with E-state index >= 15 is 0 Å². The molecule has 2 atom stereocenters. The van der Waals surface area contributed by atoms with Gasteiger partial charge in [-0.25, -0.2) is 9.97 Å². The molecule has 4 aromatic carbocycles. The number of aromatic nitrogens is 6. The molecule has 1 aliphatic rings. The molecule has 2 unspecified atom stereocenters. The predicted molar refractivity (Wildman–Crippen MR) is 185 cm³/mol. The summed E-state index contributed by atoms with van der Waals surface area (Å²) in [5.41, 5.74) is 12.1. The zero-order valence-electron chi connectivity index (χ0n) is 25.4. The van der Waals surface area contributed by atoms with Crippen molar-refractivity contribution in [3.05, 3.63) is 131 Å². The van der Waals surface area contributed by atoms with Crippen LogP contribution in [0.15, 0.2) is 104 Å². The number of nitrogens with one attached hydrogen (secondary N) is 4. The van der Waals surface area contributed by atoms with Gasteiger partial charge in [0.25, 0.3) is 0 Å². The molecule has 0 amide bonds. The van der Waals surface area contributed by atoms with Gasteiger partial charge in [0, 0.05) is 41.9 Å². The summed E-state index contributed by atoms with van der Waals surface area (Å²) in [5, 5.41) is 9.34. The smallest absolute Gasteiger partial charge is 0.145 e. The maximum atomic E-state index is 4.91. The second-order valence-corrected chi connectivity index (χ2v) is 12.5. The Kier molecular flexibility index (Phi) is 6.19. The number of anilines is 2. The monoisotopic (exact) mass is 600 g/mol. The van der Waals surface area contributed by atoms with Crippen molar-refractivity contribution in [3.63, 3.8) is 0 Å². The Balaban J connectivity index is 0.877. The third-order valence-corrected chi connectivity index (χ3v) is 9.16. The van der Waals surface area contributed by atoms with E-state index in [0.717, 1.165) is 51.2 Å². The normalized spacial score (nSPS) is 16.0. The first-order valence-corrected chi connectivity index (χ1v) is 15.8. The van der Waals surface area contributed by atoms with Gasteiger partial charge in [-0.3, -0.25) is 9.97 Å². The van der Waals surface area contributed by atoms with E-state index in [2.05, 4.69) is 116 Å². The van der Waals surface area contributed by atoms with E-state index in [0.29, 0.717) is 24.9 Å². The standard InChI is InChI=1S/C38H32N8/c1-22-2-8-31-35(12-22)41-21-37(45-31)42-19-24-4-6-27-16-34(44-33(27)14-24)29-17-28(29)26-7-9-30-36(15-26)46-38(20-40-30)43-18-23-3-5-25-10-11-39-32(25)13-23/h2-16,20-21,28-29,39,44H,17-19H2,1H3,(H,42,45)(H,43,46). The van der Waals surface area contributed by atoms with Crippen LogP contribution in [0.5, 0.6) is 0 Å². The summed E-state index contributed by atoms with van der Waals surface area (Å²) in [4.78, 5) is 25.9. The molecule has 8 aromatic rings. The van der Waals surface area contributed by atoms with Crippen molar-refractivity contribution >= 4 is 55.5 Å². The quantitative estimate of drug-likeness (QED) is 0.140. The van der Waals surface area contributed by atoms with Crippen LogP contribution in [0, 0.1) is 6.92 Å². The molecule has 4 aromatic heterocycles. The zero-order chi connectivity index (χ0) is 30.6. The number of benzene rings is 4. The van der Waals surface area contributed by atoms with Crippen LogP contribution < -0.4 is 10.6 Å². The lowest BCUT2D eigenvalue weighted by atomic mass is 10.1. The highest BCUT2D eigenvalue weighted by molar-refractivity contribution is 5.82. The summed E-state index contributed by atoms with van der Waals surface area (Å²) in [7, 11) is 0. The van der Waals surface area contributed by atoms with Gasteiger partial charge in [-0.1, -0.05) is 36.4 Å². The zero-order valence-corrected chi connectivity index (χ0v) is 25.4. The molecule has 1 saturated carbocycles. The third-order valence-electron chi connectivity index (χ3n) is 9.16. The molecule has 0 radical (unpaired) electrons. The second kappa shape index (κ2) is 10.7. The number of fused-ring (bicyclic) bond motifs is 4. The van der Waals surface area contributed by atoms with E-state index in [1.807, 2.05) is 18.5 Å². The molecule has 0 aliphatic heterocycles. The molecule has 4 heterocycles. The molecule has 0 bridgehead atoms. The Morgan fingerprint density at radius 2 is 1.39 bits per heavy atom. The summed E-state index contributed by atoms with van der Waals surface area (Å²) in [6, 6.07) is 30.1. The molecular weight excluding hydrogens is 568 g/mol. The number of aryl methyl sites for hydroxylation is 1. The Morgan fingerprint density at radius 3 is 2.24 bits per heavy atom. The number of hydrogen-bond donors (Lipinski definition) is 4. The number of rotatable bonds is 8. The van der Waals surface area contributed by atoms with Crippen molar-refractivity contribution < 1.29 is 0 Å². The fourth-order valence-corrected chi connectivity index (χ4v) is 6.55. The molecule has 0 spiro atoms. The molecule has 1 aliphatic carbocycles. The molecule has 46 heavy (non-hydrogen) atoms. The fourth-order valence-electron chi connectivity index (χ4n) is 6.55. The van der Waals surface area contributed by atoms with Crippen molar-refractivity contribution in [1.82, 2.24) is 29.9 Å². The van der Waals surface area contributed by atoms with Crippen LogP contribution in [-0.4, -0.2) is 29.9 Å². The van der Waals surface area contributed by atoms with Crippen LogP contribution in [0.2, 0.25) is 0 Å². The summed E-state index contributed by atoms with van der Waals surface area (Å²) in [6.45, 7) is 3.44. The fraction of sp³-hybridized carbons (Fsp3) is 0.158. The van der Waals surface area contributed by atoms with Crippen LogP contribution in [-0.2, 0) is 13.1 Å². The Bertz CT molecular complexity index is 2400. The van der Waals surface area contributed by atoms with Crippen LogP contribution in [0.1, 0.15) is 46.2 Å². The van der Waals surface area contributed by atoms with E-state index in [4.69, 9.17) is 9.97 Å². The Labute approximate surface area is 265 Å². The van der Waals surface area contributed by atoms with Gasteiger partial charge >= 0.3 is 0 Å². The van der Waals surface area contributed by atoms with E-state index in [-0.39, 0.29) is 0 Å². The van der Waals surface area contributed by atoms with Crippen LogP contribution >= 0.6 is 0 Å². The van der Waals surface area contributed by atoms with Gasteiger partial charge in [-0.05, 0) is 101 Å². The highest BCUT2D eigenvalue weighted by atomic mass is 15.0. The molecule has 8 nitrogen and oxygen atoms in total. The number of hydrogen-bond acceptors (Lipinski definition) is 6. The van der Waals surface area contributed by atoms with E-state index < -0.39 is 0 Å². The molecule has 224 valence electrons. The van der Waals surface area contributed by atoms with E-state index in [1.54, 1.807) is 6.20 Å². The van der Waals surface area contributed by atoms with Crippen molar-refractivity contribution in [2.75, 3.05) is 10.6 Å². The minimum Gasteiger partial charge on any atom is -0.365 e. The van der Waals surface area contributed by atoms with Gasteiger partial charge < -0.3 is 20.6 Å². The third kappa shape index (κ3) is 5.07. The number of nitrogens with zero attached hydrogens (tertiary/aromatic N) is 4. The first-order valence-electron chi connectivity index (χ1n) is 15.8. The van der Waals surface area contributed by atoms with Gasteiger partial charge in [0.1, 0.15) is 11.6 Å². The average molecular weight is 601 g/mol. The highest BCUT2D eigenvalue weighted by Gasteiger charge is 2.40. The minimum atomic E-state index is 0.472. The Morgan fingerprint density at radius 1 is 0.652 bits per heavy atom. The molecule has 4 N–H and O–H groups in total. The first kappa shape index (κ1) is 26.6. The summed E-state index contributed by atoms with van der Waals surface area (Å²) >= 11 is 0. The van der Waals surface area contributed by atoms with Crippen LogP contribution in [0.4, 0.5) is 11.6 Å². The molecular formula is C38H32N8. The summed E-state index contributed by atoms with van der Waals surface area (Å²) in [6.07, 6.45) is 6.72. The minimum absolute atomic E-state index is 0.472. The SMILES string of the molecule is Cc1ccc2nc(NCc3ccc4cc(C5CC5c5ccc6ncc(NCc7ccc8cc[nH]c8c7)nc6c5)[nH]c4c3)cnc2c1. The van der Waals surface area contributed by atoms with Gasteiger partial charge in [0.05, 0.1) is 34.5 Å². The highest BCUT2D eigenvalue weighted by Crippen LogP contribution is 2.55. The number of aromatic amines is 2. The topological polar surface area (TPSA) is 107 Å². The average Bonchev–Trinajstić information content (AvgIpc) is 3.54. The summed E-state index contributed by atoms with van der Waals surface area (Å²) in [5.74, 6) is 2.51. The van der Waals surface area contributed by atoms with E-state index in [1.165, 1.54) is 38.7 Å². The predicted octanol–water partition coefficient (Wildman–Crippen LogP) is 8.34. The number of H-pyrrole nitrogens is 2. The summed E-state index contributed by atoms with van der Waals surface area (Å²) < 4.78 is 0. The molecule has 0 saturated heterocycles. The van der Waals surface area contributed by atoms with Gasteiger partial charge in [-0.15, -0.1) is 0 Å². The second-order valence-electron chi connectivity index (χ2n) is 12.5. The van der Waals surface area contributed by atoms with Crippen molar-refractivity contribution in [3.8, 4) is 0 Å². The lowest BCUT2D eigenvalue weighted by molar-refractivity contribution is 0.989. The Hall–Kier alpha value is -5.76. The van der Waals surface area contributed by atoms with Gasteiger partial charge in [-0.2, -0.15) is 0 Å². The van der Waals surface area contributed by atoms with Crippen LogP contribution in [0.3, 0.4) is 0 Å². The van der Waals surface area contributed by atoms with Crippen LogP contribution in [0.25, 0.3) is 43.9 Å². The lowest BCUT2D eigenvalue weighted by Gasteiger charge is -2.08. The maximum absolute atomic E-state index is 4.91. The van der Waals surface area contributed by atoms with Crippen molar-refractivity contribution in [1.29, 1.82) is 0 Å². The largest absolute Gasteiger partial charge is 0.365 e. The first-order chi connectivity index (χ1) is 22.6. The van der Waals surface area contributed by atoms with Crippen molar-refractivity contribution in [2.24, 2.45) is 0 Å². The van der Waals surface area contributed by atoms with Crippen molar-refractivity contribution in [2.45, 2.75) is 38.3 Å². The lowest BCUT2D eigenvalue weighted by Crippen LogP contribution is -2.02. The van der Waals surface area contributed by atoms with E-state index in [9.17, 15) is 0 Å². The van der Waals surface area contributed by atoms with Gasteiger partial charge in [0.15, 0.2) is 0 Å². The molecule has 8 heteroatoms. The molecule has 9 rings (SSSR count). The maximum Gasteiger partial charge on any atom is 0.145 e. The van der Waals surface area contributed by atoms with Gasteiger partial charge in [0.2, 0.25) is 0 Å². The molecule has 1 fully saturated rings.